The number of aromatic nitrogens is 1. The second-order valence-electron chi connectivity index (χ2n) is 13.7. The van der Waals surface area contributed by atoms with Gasteiger partial charge in [0.15, 0.2) is 5.43 Å². The van der Waals surface area contributed by atoms with Crippen LogP contribution >= 0.6 is 0 Å². The number of nitrogens with one attached hydrogen (secondary N) is 2. The Labute approximate surface area is 252 Å². The number of H-pyrrole nitrogens is 1. The summed E-state index contributed by atoms with van der Waals surface area (Å²) in [5, 5.41) is 5.69. The van der Waals surface area contributed by atoms with Gasteiger partial charge >= 0.3 is 5.97 Å². The fraction of sp³-hybridized carbons (Fsp3) is 0.500. The molecule has 0 bridgehead atoms. The molecule has 4 aliphatic carbocycles. The monoisotopic (exact) mass is 579 g/mol. The highest BCUT2D eigenvalue weighted by molar-refractivity contribution is 6.08. The maximum atomic E-state index is 13.3. The average Bonchev–Trinajstić information content (AvgIpc) is 3.35. The molecule has 1 amide bonds. The third-order valence-corrected chi connectivity index (χ3v) is 11.7. The zero-order valence-electron chi connectivity index (χ0n) is 25.4. The molecule has 7 rings (SSSR count). The Hall–Kier alpha value is -3.74. The van der Waals surface area contributed by atoms with Crippen molar-refractivity contribution in [2.75, 3.05) is 0 Å². The predicted octanol–water partition coefficient (Wildman–Crippen LogP) is 7.05. The summed E-state index contributed by atoms with van der Waals surface area (Å²) in [5.74, 6) is 1.51. The number of aromatic amines is 1. The van der Waals surface area contributed by atoms with Crippen LogP contribution in [0.1, 0.15) is 88.9 Å². The van der Waals surface area contributed by atoms with Crippen molar-refractivity contribution in [3.63, 3.8) is 0 Å². The number of fused-ring (bicyclic) bond motifs is 7. The predicted molar refractivity (Wildman–Crippen MR) is 169 cm³/mol. The molecule has 0 unspecified atom stereocenters. The minimum Gasteiger partial charge on any atom is -0.462 e. The molecule has 2 N–H and O–H groups in total. The van der Waals surface area contributed by atoms with Gasteiger partial charge in [-0.2, -0.15) is 5.10 Å². The van der Waals surface area contributed by atoms with E-state index < -0.39 is 0 Å². The molecule has 0 aliphatic heterocycles. The molecule has 7 heteroatoms. The molecule has 0 saturated heterocycles. The lowest BCUT2D eigenvalue weighted by molar-refractivity contribution is -0.159. The number of benzene rings is 2. The van der Waals surface area contributed by atoms with E-state index in [2.05, 4.69) is 35.4 Å². The van der Waals surface area contributed by atoms with E-state index in [0.29, 0.717) is 51.5 Å². The highest BCUT2D eigenvalue weighted by Gasteiger charge is 2.59. The Morgan fingerprint density at radius 2 is 1.79 bits per heavy atom. The van der Waals surface area contributed by atoms with Crippen LogP contribution in [0.4, 0.5) is 0 Å². The van der Waals surface area contributed by atoms with Gasteiger partial charge in [-0.15, -0.1) is 0 Å². The normalized spacial score (nSPS) is 32.5. The number of allylic oxidation sites excluding steroid dienone is 2. The van der Waals surface area contributed by atoms with Crippen LogP contribution in [0.3, 0.4) is 0 Å². The van der Waals surface area contributed by atoms with Crippen LogP contribution in [0.15, 0.2) is 64.0 Å². The van der Waals surface area contributed by atoms with E-state index in [1.807, 2.05) is 25.1 Å². The molecule has 1 heterocycles. The summed E-state index contributed by atoms with van der Waals surface area (Å²) in [6.45, 7) is 6.71. The van der Waals surface area contributed by atoms with E-state index in [9.17, 15) is 14.4 Å². The summed E-state index contributed by atoms with van der Waals surface area (Å²) in [7, 11) is 0. The summed E-state index contributed by atoms with van der Waals surface area (Å²) in [6, 6.07) is 12.6. The fourth-order valence-corrected chi connectivity index (χ4v) is 9.36. The molecule has 6 atom stereocenters. The number of hydrogen-bond acceptors (Lipinski definition) is 5. The number of rotatable bonds is 4. The number of para-hydroxylation sites is 2. The highest BCUT2D eigenvalue weighted by Crippen LogP contribution is 2.65. The Kier molecular flexibility index (Phi) is 6.82. The van der Waals surface area contributed by atoms with E-state index in [1.54, 1.807) is 24.3 Å². The van der Waals surface area contributed by atoms with Gasteiger partial charge in [-0.05, 0) is 105 Å². The van der Waals surface area contributed by atoms with Gasteiger partial charge in [0.1, 0.15) is 6.10 Å². The van der Waals surface area contributed by atoms with Crippen molar-refractivity contribution in [2.45, 2.75) is 84.7 Å². The van der Waals surface area contributed by atoms with Crippen molar-refractivity contribution in [1.82, 2.24) is 10.4 Å². The maximum Gasteiger partial charge on any atom is 0.305 e. The van der Waals surface area contributed by atoms with E-state index >= 15 is 0 Å². The molecule has 43 heavy (non-hydrogen) atoms. The van der Waals surface area contributed by atoms with Gasteiger partial charge in [0.25, 0.3) is 5.91 Å². The van der Waals surface area contributed by atoms with Crippen LogP contribution < -0.4 is 10.9 Å². The standard InChI is InChI=1S/C36H41N3O4/c1-4-31(40)43-30-15-14-27-23-13-12-21-20-22(16-18-35(21,2)28(23)17-19-36(27,30)3)38-39-34(42)26-10-7-9-25-32(26)37-29-11-6-5-8-24(29)33(25)41/h5-11,20,23,27-28,30H,4,12-19H2,1-3H3,(H,37,41)(H,39,42)/t23-,27-,28-,30-,35-,36-/m0/s1. The lowest BCUT2D eigenvalue weighted by atomic mass is 9.47. The van der Waals surface area contributed by atoms with Gasteiger partial charge < -0.3 is 9.72 Å². The Morgan fingerprint density at radius 1 is 0.977 bits per heavy atom. The largest absolute Gasteiger partial charge is 0.462 e. The number of amides is 1. The van der Waals surface area contributed by atoms with Crippen LogP contribution in [0.2, 0.25) is 0 Å². The molecule has 4 aliphatic rings. The molecule has 3 saturated carbocycles. The molecule has 1 aromatic heterocycles. The third kappa shape index (κ3) is 4.46. The zero-order chi connectivity index (χ0) is 29.9. The molecule has 224 valence electrons. The lowest BCUT2D eigenvalue weighted by Gasteiger charge is -2.58. The molecule has 0 radical (unpaired) electrons. The smallest absolute Gasteiger partial charge is 0.305 e. The number of hydrazone groups is 1. The molecule has 3 aromatic rings. The minimum absolute atomic E-state index is 0.0580. The lowest BCUT2D eigenvalue weighted by Crippen LogP contribution is -2.51. The number of nitrogens with zero attached hydrogens (tertiary/aromatic N) is 1. The molecule has 0 spiro atoms. The van der Waals surface area contributed by atoms with Crippen molar-refractivity contribution in [3.05, 3.63) is 69.9 Å². The SMILES string of the molecule is CCC(=O)O[C@H]1CC[C@H]2[C@@H]3CCC4=CC(=NNC(=O)c5cccc6c(=O)c7ccccc7[nH]c56)CC[C@]4(C)[C@H]3CC[C@]12C. The molecular formula is C36H41N3O4. The summed E-state index contributed by atoms with van der Waals surface area (Å²) in [5.41, 5.74) is 6.95. The number of carbonyl (C=O) groups is 2. The van der Waals surface area contributed by atoms with Gasteiger partial charge in [-0.25, -0.2) is 5.43 Å². The van der Waals surface area contributed by atoms with Crippen LogP contribution in [0.25, 0.3) is 21.8 Å². The highest BCUT2D eigenvalue weighted by atomic mass is 16.5. The van der Waals surface area contributed by atoms with Gasteiger partial charge in [-0.1, -0.05) is 44.5 Å². The maximum absolute atomic E-state index is 13.3. The average molecular weight is 580 g/mol. The van der Waals surface area contributed by atoms with Crippen molar-refractivity contribution in [1.29, 1.82) is 0 Å². The Balaban J connectivity index is 1.10. The summed E-state index contributed by atoms with van der Waals surface area (Å²) in [6.07, 6.45) is 11.2. The minimum atomic E-state index is -0.328. The van der Waals surface area contributed by atoms with E-state index in [4.69, 9.17) is 4.74 Å². The van der Waals surface area contributed by atoms with E-state index in [1.165, 1.54) is 12.0 Å². The summed E-state index contributed by atoms with van der Waals surface area (Å²) >= 11 is 0. The number of esters is 1. The fourth-order valence-electron chi connectivity index (χ4n) is 9.36. The molecular weight excluding hydrogens is 538 g/mol. The van der Waals surface area contributed by atoms with Crippen molar-refractivity contribution >= 4 is 39.4 Å². The van der Waals surface area contributed by atoms with Gasteiger partial charge in [0.05, 0.1) is 16.8 Å². The first-order chi connectivity index (χ1) is 20.7. The second-order valence-corrected chi connectivity index (χ2v) is 13.7. The van der Waals surface area contributed by atoms with Crippen LogP contribution in [0, 0.1) is 28.6 Å². The molecule has 2 aromatic carbocycles. The number of carbonyl (C=O) groups excluding carboxylic acids is 2. The van der Waals surface area contributed by atoms with Crippen LogP contribution in [-0.2, 0) is 9.53 Å². The van der Waals surface area contributed by atoms with Crippen molar-refractivity contribution in [2.24, 2.45) is 33.7 Å². The second kappa shape index (κ2) is 10.5. The van der Waals surface area contributed by atoms with Gasteiger partial charge in [0, 0.05) is 28.1 Å². The Bertz CT molecular complexity index is 1750. The van der Waals surface area contributed by atoms with Crippen molar-refractivity contribution < 1.29 is 14.3 Å². The topological polar surface area (TPSA) is 101 Å². The third-order valence-electron chi connectivity index (χ3n) is 11.7. The first-order valence-corrected chi connectivity index (χ1v) is 16.0. The van der Waals surface area contributed by atoms with E-state index in [-0.39, 0.29) is 34.2 Å². The zero-order valence-corrected chi connectivity index (χ0v) is 25.4. The molecule has 7 nitrogen and oxygen atoms in total. The first kappa shape index (κ1) is 28.1. The quantitative estimate of drug-likeness (QED) is 0.196. The van der Waals surface area contributed by atoms with Crippen LogP contribution in [0.5, 0.6) is 0 Å². The number of pyridine rings is 1. The summed E-state index contributed by atoms with van der Waals surface area (Å²) < 4.78 is 5.97. The summed E-state index contributed by atoms with van der Waals surface area (Å²) in [4.78, 5) is 41.9. The molecule has 3 fully saturated rings. The number of hydrogen-bond donors (Lipinski definition) is 2. The Morgan fingerprint density at radius 3 is 2.63 bits per heavy atom. The van der Waals surface area contributed by atoms with E-state index in [0.717, 1.165) is 50.7 Å². The van der Waals surface area contributed by atoms with Crippen molar-refractivity contribution in [3.8, 4) is 0 Å². The van der Waals surface area contributed by atoms with Crippen LogP contribution in [-0.4, -0.2) is 28.7 Å². The van der Waals surface area contributed by atoms with Gasteiger partial charge in [-0.3, -0.25) is 14.4 Å². The van der Waals surface area contributed by atoms with Gasteiger partial charge in [0.2, 0.25) is 0 Å². The number of ether oxygens (including phenoxy) is 1. The first-order valence-electron chi connectivity index (χ1n) is 16.0.